The summed E-state index contributed by atoms with van der Waals surface area (Å²) in [4.78, 5) is 120. The number of hydrogen-bond acceptors (Lipinski definition) is 20. The summed E-state index contributed by atoms with van der Waals surface area (Å²) >= 11 is 0. The molecule has 5 saturated heterocycles. The molecule has 10 bridgehead atoms. The minimum atomic E-state index is -0.709. The summed E-state index contributed by atoms with van der Waals surface area (Å²) < 4.78 is 55.9. The summed E-state index contributed by atoms with van der Waals surface area (Å²) in [5, 5.41) is 0. The highest BCUT2D eigenvalue weighted by atomic mass is 16.6. The van der Waals surface area contributed by atoms with E-state index < -0.39 is 49.5 Å². The minimum absolute atomic E-state index is 0. The van der Waals surface area contributed by atoms with Gasteiger partial charge in [0.05, 0.1) is 56.7 Å². The lowest BCUT2D eigenvalue weighted by Gasteiger charge is -2.45. The Kier molecular flexibility index (Phi) is 33.6. The minimum Gasteiger partial charge on any atom is -0.458 e. The fourth-order valence-corrected chi connectivity index (χ4v) is 16.7. The molecular weight excluding hydrogens is 1320 g/mol. The Bertz CT molecular complexity index is 2920. The second kappa shape index (κ2) is 34.7. The maximum absolute atomic E-state index is 12.3. The molecule has 103 heavy (non-hydrogen) atoms. The SMILES string of the molecule is C.C.C.C.C.C.C.C.C.C.CCC(C)(C)C(=O)OC1(C)C2CC3C(=O)OC1C3C2.CCC(C)(C)C(=O)OC1(C)CCC2CC1(C)OC2=O.CCC(C)(C)C(=O)OC1C2CC3C(=O)OC1(C)C3C2.CCC(C)(C)C(=O)OC1C2OC(=O)C3CC1(C)CC32.CCC(C)(C)C(=O)OC1CCC2CC1OC2=O. The van der Waals surface area contributed by atoms with Crippen LogP contribution >= 0.6 is 0 Å². The standard InChI is InChI=1S/3C15H22O4.C15H24O4.C13H20O4.10CH4/c1-5-14(2,3)13(17)19-11-10-8-6-15(11,4)7-9(8)12(16)18-10;1-5-14(2,3)13(17)19-15(4)8-6-9-10(7-8)12(16)18-11(9)15;1-5-14(2,3)13(17)18-11-8-6-9-10(7-8)15(11,4)19-12(9)16;1-6-13(2,3)12(17)19-14(4)8-7-10-9-15(14,5)18-11(10)16;1-4-13(2,3)12(15)17-9-6-5-8-7-10(9)16-11(8)14;;;;;;;;;;/h3*8-11H,5-7H2,1-4H3;10H,6-9H2,1-5H3;8-10H,4-7H2,1-3H3;10*1H4. The van der Waals surface area contributed by atoms with Crippen molar-refractivity contribution in [2.45, 2.75) is 381 Å². The third-order valence-electron chi connectivity index (χ3n) is 26.0. The van der Waals surface area contributed by atoms with Crippen LogP contribution in [0.4, 0.5) is 0 Å². The molecule has 20 nitrogen and oxygen atoms in total. The number of ether oxygens (including phenoxy) is 10. The van der Waals surface area contributed by atoms with Gasteiger partial charge in [-0.3, -0.25) is 47.9 Å². The van der Waals surface area contributed by atoms with Crippen LogP contribution in [0.15, 0.2) is 0 Å². The molecule has 0 radical (unpaired) electrons. The average Bonchev–Trinajstić information content (AvgIpc) is 1.56. The fourth-order valence-electron chi connectivity index (χ4n) is 16.7. The molecule has 602 valence electrons. The number of rotatable bonds is 15. The van der Waals surface area contributed by atoms with Crippen molar-refractivity contribution in [1.82, 2.24) is 0 Å². The number of esters is 10. The van der Waals surface area contributed by atoms with E-state index >= 15 is 0 Å². The summed E-state index contributed by atoms with van der Waals surface area (Å²) in [6.07, 6.45) is 11.9. The van der Waals surface area contributed by atoms with E-state index in [9.17, 15) is 47.9 Å². The van der Waals surface area contributed by atoms with E-state index in [1.54, 1.807) is 0 Å². The Morgan fingerprint density at radius 3 is 1.45 bits per heavy atom. The lowest BCUT2D eigenvalue weighted by atomic mass is 9.71. The maximum Gasteiger partial charge on any atom is 0.312 e. The quantitative estimate of drug-likeness (QED) is 0.109. The monoisotopic (exact) mass is 1470 g/mol. The normalized spacial score (nSPS) is 36.4. The van der Waals surface area contributed by atoms with Crippen LogP contribution in [0.2, 0.25) is 0 Å². The van der Waals surface area contributed by atoms with E-state index in [1.807, 2.05) is 132 Å². The number of carbonyl (C=O) groups is 10. The predicted molar refractivity (Wildman–Crippen MR) is 403 cm³/mol. The van der Waals surface area contributed by atoms with Gasteiger partial charge >= 0.3 is 59.7 Å². The van der Waals surface area contributed by atoms with Gasteiger partial charge in [0, 0.05) is 47.8 Å². The molecule has 5 aliphatic heterocycles. The van der Waals surface area contributed by atoms with E-state index in [2.05, 4.69) is 6.92 Å². The van der Waals surface area contributed by atoms with E-state index in [-0.39, 0.29) is 229 Å². The predicted octanol–water partition coefficient (Wildman–Crippen LogP) is 18.2. The van der Waals surface area contributed by atoms with E-state index in [0.717, 1.165) is 89.9 Å². The van der Waals surface area contributed by atoms with Gasteiger partial charge in [0.2, 0.25) is 0 Å². The van der Waals surface area contributed by atoms with Crippen molar-refractivity contribution in [2.24, 2.45) is 91.7 Å². The first kappa shape index (κ1) is 99.8. The first-order valence-corrected chi connectivity index (χ1v) is 35.1. The van der Waals surface area contributed by atoms with E-state index in [1.165, 1.54) is 0 Å². The highest BCUT2D eigenvalue weighted by Gasteiger charge is 2.72. The summed E-state index contributed by atoms with van der Waals surface area (Å²) in [6.45, 7) is 38.6. The lowest BCUT2D eigenvalue weighted by Crippen LogP contribution is -2.55. The molecule has 13 rings (SSSR count). The molecule has 21 atom stereocenters. The van der Waals surface area contributed by atoms with Crippen molar-refractivity contribution in [3.05, 3.63) is 0 Å². The summed E-state index contributed by atoms with van der Waals surface area (Å²) in [5.74, 6) is 0.0471. The number of carbonyl (C=O) groups excluding carboxylic acids is 10. The van der Waals surface area contributed by atoms with Gasteiger partial charge in [0.1, 0.15) is 59.0 Å². The van der Waals surface area contributed by atoms with Crippen molar-refractivity contribution in [1.29, 1.82) is 0 Å². The zero-order valence-electron chi connectivity index (χ0n) is 59.4. The van der Waals surface area contributed by atoms with Crippen LogP contribution in [0.25, 0.3) is 0 Å². The van der Waals surface area contributed by atoms with Crippen LogP contribution in [0, 0.1) is 91.7 Å². The maximum atomic E-state index is 12.3. The Hall–Kier alpha value is -5.30. The van der Waals surface area contributed by atoms with Gasteiger partial charge < -0.3 is 47.4 Å². The Labute approximate surface area is 624 Å². The van der Waals surface area contributed by atoms with Crippen LogP contribution in [0.5, 0.6) is 0 Å². The first-order chi connectivity index (χ1) is 42.9. The highest BCUT2D eigenvalue weighted by molar-refractivity contribution is 5.82. The largest absolute Gasteiger partial charge is 0.458 e. The fraction of sp³-hybridized carbons (Fsp3) is 0.880. The molecule has 0 aromatic heterocycles. The van der Waals surface area contributed by atoms with Crippen LogP contribution in [0.3, 0.4) is 0 Å². The van der Waals surface area contributed by atoms with Gasteiger partial charge in [0.15, 0.2) is 0 Å². The lowest BCUT2D eigenvalue weighted by molar-refractivity contribution is -0.204. The summed E-state index contributed by atoms with van der Waals surface area (Å²) in [5.41, 5.74) is -5.04. The van der Waals surface area contributed by atoms with Crippen molar-refractivity contribution in [3.8, 4) is 0 Å². The van der Waals surface area contributed by atoms with Crippen molar-refractivity contribution in [3.63, 3.8) is 0 Å². The Morgan fingerprint density at radius 1 is 0.437 bits per heavy atom. The molecule has 8 saturated carbocycles. The molecule has 5 heterocycles. The third-order valence-corrected chi connectivity index (χ3v) is 26.0. The van der Waals surface area contributed by atoms with Gasteiger partial charge in [-0.15, -0.1) is 0 Å². The van der Waals surface area contributed by atoms with Gasteiger partial charge in [-0.05, 0) is 193 Å². The molecular formula is C83H150O20. The smallest absolute Gasteiger partial charge is 0.312 e. The van der Waals surface area contributed by atoms with Crippen molar-refractivity contribution < 1.29 is 95.3 Å². The molecule has 13 aliphatic rings. The second-order valence-electron chi connectivity index (χ2n) is 34.1. The molecule has 20 heteroatoms. The number of fused-ring (bicyclic) bond motifs is 7. The zero-order valence-corrected chi connectivity index (χ0v) is 59.4. The van der Waals surface area contributed by atoms with Crippen LogP contribution < -0.4 is 0 Å². The van der Waals surface area contributed by atoms with E-state index in [0.29, 0.717) is 25.2 Å². The molecule has 21 unspecified atom stereocenters. The van der Waals surface area contributed by atoms with E-state index in [4.69, 9.17) is 47.4 Å². The summed E-state index contributed by atoms with van der Waals surface area (Å²) in [7, 11) is 0. The summed E-state index contributed by atoms with van der Waals surface area (Å²) in [6, 6.07) is 0. The molecule has 0 N–H and O–H groups in total. The molecule has 0 aromatic rings. The van der Waals surface area contributed by atoms with Crippen LogP contribution in [0.1, 0.15) is 322 Å². The second-order valence-corrected chi connectivity index (χ2v) is 34.1. The van der Waals surface area contributed by atoms with Gasteiger partial charge in [-0.25, -0.2) is 0 Å². The molecule has 8 aliphatic carbocycles. The molecule has 13 fully saturated rings. The first-order valence-electron chi connectivity index (χ1n) is 35.1. The van der Waals surface area contributed by atoms with Gasteiger partial charge in [0.25, 0.3) is 0 Å². The van der Waals surface area contributed by atoms with Gasteiger partial charge in [-0.1, -0.05) is 116 Å². The number of hydrogen-bond donors (Lipinski definition) is 0. The Morgan fingerprint density at radius 2 is 0.922 bits per heavy atom. The third kappa shape index (κ3) is 17.8. The molecule has 0 spiro atoms. The van der Waals surface area contributed by atoms with Gasteiger partial charge in [-0.2, -0.15) is 0 Å². The van der Waals surface area contributed by atoms with Crippen LogP contribution in [-0.2, 0) is 95.3 Å². The zero-order chi connectivity index (χ0) is 69.1. The molecule has 0 amide bonds. The molecule has 0 aromatic carbocycles. The highest BCUT2D eigenvalue weighted by Crippen LogP contribution is 2.64. The Balaban J connectivity index is 0. The topological polar surface area (TPSA) is 263 Å². The van der Waals surface area contributed by atoms with Crippen molar-refractivity contribution >= 4 is 59.7 Å². The van der Waals surface area contributed by atoms with Crippen LogP contribution in [-0.4, -0.2) is 119 Å². The van der Waals surface area contributed by atoms with Crippen molar-refractivity contribution in [2.75, 3.05) is 0 Å². The average molecular weight is 1470 g/mol.